The molecule has 1 aromatic heterocycles. The lowest BCUT2D eigenvalue weighted by Crippen LogP contribution is -2.15. The van der Waals surface area contributed by atoms with Gasteiger partial charge in [-0.25, -0.2) is 0 Å². The SMILES string of the molecule is Cc1ccc(-n2c(SCC(=O)Nc3cccc(C(F)(F)F)c3)nnc2-c2ccccc2Cl)cc1. The Morgan fingerprint density at radius 3 is 2.47 bits per heavy atom. The first kappa shape index (κ1) is 23.8. The quantitative estimate of drug-likeness (QED) is 0.300. The summed E-state index contributed by atoms with van der Waals surface area (Å²) >= 11 is 7.50. The van der Waals surface area contributed by atoms with Gasteiger partial charge in [-0.3, -0.25) is 9.36 Å². The molecular formula is C24H18ClF3N4OS. The van der Waals surface area contributed by atoms with Crippen LogP contribution in [0.2, 0.25) is 5.02 Å². The summed E-state index contributed by atoms with van der Waals surface area (Å²) in [5.41, 5.74) is 1.77. The van der Waals surface area contributed by atoms with E-state index in [9.17, 15) is 18.0 Å². The van der Waals surface area contributed by atoms with Crippen LogP contribution in [0.1, 0.15) is 11.1 Å². The Hall–Kier alpha value is -3.30. The van der Waals surface area contributed by atoms with Crippen LogP contribution in [-0.4, -0.2) is 26.4 Å². The van der Waals surface area contributed by atoms with Crippen molar-refractivity contribution in [3.63, 3.8) is 0 Å². The molecule has 4 rings (SSSR count). The normalized spacial score (nSPS) is 11.4. The summed E-state index contributed by atoms with van der Waals surface area (Å²) in [6, 6.07) is 19.4. The molecule has 0 bridgehead atoms. The van der Waals surface area contributed by atoms with Crippen LogP contribution in [0.3, 0.4) is 0 Å². The van der Waals surface area contributed by atoms with Crippen molar-refractivity contribution in [2.45, 2.75) is 18.3 Å². The highest BCUT2D eigenvalue weighted by molar-refractivity contribution is 7.99. The number of carbonyl (C=O) groups excluding carboxylic acids is 1. The van der Waals surface area contributed by atoms with E-state index in [1.54, 1.807) is 10.6 Å². The number of nitrogens with zero attached hydrogens (tertiary/aromatic N) is 3. The second-order valence-electron chi connectivity index (χ2n) is 7.37. The van der Waals surface area contributed by atoms with E-state index >= 15 is 0 Å². The van der Waals surface area contributed by atoms with Crippen molar-refractivity contribution >= 4 is 35.0 Å². The lowest BCUT2D eigenvalue weighted by molar-refractivity contribution is -0.137. The summed E-state index contributed by atoms with van der Waals surface area (Å²) < 4.78 is 40.6. The zero-order chi connectivity index (χ0) is 24.3. The third-order valence-corrected chi connectivity index (χ3v) is 6.10. The number of halogens is 4. The van der Waals surface area contributed by atoms with E-state index < -0.39 is 17.6 Å². The number of anilines is 1. The summed E-state index contributed by atoms with van der Waals surface area (Å²) in [6.45, 7) is 1.97. The number of alkyl halides is 3. The van der Waals surface area contributed by atoms with Crippen LogP contribution < -0.4 is 5.32 Å². The van der Waals surface area contributed by atoms with Crippen LogP contribution in [0.15, 0.2) is 78.0 Å². The van der Waals surface area contributed by atoms with Crippen molar-refractivity contribution in [3.05, 3.63) is 88.9 Å². The smallest absolute Gasteiger partial charge is 0.325 e. The predicted octanol–water partition coefficient (Wildman–Crippen LogP) is 6.65. The summed E-state index contributed by atoms with van der Waals surface area (Å²) in [6.07, 6.45) is -4.49. The van der Waals surface area contributed by atoms with Gasteiger partial charge in [0.05, 0.1) is 16.3 Å². The Kier molecular flexibility index (Phi) is 6.95. The molecule has 1 amide bonds. The second kappa shape index (κ2) is 9.90. The summed E-state index contributed by atoms with van der Waals surface area (Å²) in [7, 11) is 0. The first-order valence-corrected chi connectivity index (χ1v) is 11.5. The zero-order valence-corrected chi connectivity index (χ0v) is 19.4. The van der Waals surface area contributed by atoms with Gasteiger partial charge >= 0.3 is 6.18 Å². The fraction of sp³-hybridized carbons (Fsp3) is 0.125. The third kappa shape index (κ3) is 5.43. The third-order valence-electron chi connectivity index (χ3n) is 4.85. The van der Waals surface area contributed by atoms with Gasteiger partial charge in [0.15, 0.2) is 11.0 Å². The standard InChI is InChI=1S/C24H18ClF3N4OS/c1-15-9-11-18(12-10-15)32-22(19-7-2-3-8-20(19)25)30-31-23(32)34-14-21(33)29-17-6-4-5-16(13-17)24(26,27)28/h2-13H,14H2,1H3,(H,29,33). The molecule has 3 aromatic carbocycles. The molecule has 0 aliphatic carbocycles. The van der Waals surface area contributed by atoms with Crippen molar-refractivity contribution < 1.29 is 18.0 Å². The average Bonchev–Trinajstić information content (AvgIpc) is 3.22. The molecule has 0 aliphatic heterocycles. The number of benzene rings is 3. The number of aromatic nitrogens is 3. The zero-order valence-electron chi connectivity index (χ0n) is 17.8. The Morgan fingerprint density at radius 1 is 1.03 bits per heavy atom. The number of nitrogens with one attached hydrogen (secondary N) is 1. The first-order valence-electron chi connectivity index (χ1n) is 10.1. The van der Waals surface area contributed by atoms with E-state index in [1.165, 1.54) is 12.1 Å². The molecule has 0 aliphatic rings. The van der Waals surface area contributed by atoms with Crippen molar-refractivity contribution in [2.75, 3.05) is 11.1 Å². The predicted molar refractivity (Wildman–Crippen MR) is 127 cm³/mol. The van der Waals surface area contributed by atoms with E-state index in [4.69, 9.17) is 11.6 Å². The lowest BCUT2D eigenvalue weighted by Gasteiger charge is -2.12. The number of hydrogen-bond donors (Lipinski definition) is 1. The highest BCUT2D eigenvalue weighted by Crippen LogP contribution is 2.33. The minimum absolute atomic E-state index is 0.0668. The van der Waals surface area contributed by atoms with E-state index in [1.807, 2.05) is 49.4 Å². The van der Waals surface area contributed by atoms with Gasteiger partial charge in [-0.15, -0.1) is 10.2 Å². The van der Waals surface area contributed by atoms with Crippen LogP contribution in [0, 0.1) is 6.92 Å². The van der Waals surface area contributed by atoms with E-state index in [-0.39, 0.29) is 11.4 Å². The number of amides is 1. The number of hydrogen-bond acceptors (Lipinski definition) is 4. The summed E-state index contributed by atoms with van der Waals surface area (Å²) in [5.74, 6) is -0.0414. The molecule has 0 atom stereocenters. The fourth-order valence-corrected chi connectivity index (χ4v) is 4.18. The summed E-state index contributed by atoms with van der Waals surface area (Å²) in [4.78, 5) is 12.5. The maximum absolute atomic E-state index is 12.9. The summed E-state index contributed by atoms with van der Waals surface area (Å²) in [5, 5.41) is 12.0. The number of thioether (sulfide) groups is 1. The maximum Gasteiger partial charge on any atom is 0.416 e. The molecule has 0 saturated carbocycles. The van der Waals surface area contributed by atoms with Crippen molar-refractivity contribution in [2.24, 2.45) is 0 Å². The average molecular weight is 503 g/mol. The van der Waals surface area contributed by atoms with Gasteiger partial charge in [-0.05, 0) is 49.4 Å². The number of aryl methyl sites for hydroxylation is 1. The molecule has 5 nitrogen and oxygen atoms in total. The van der Waals surface area contributed by atoms with Crippen molar-refractivity contribution in [1.82, 2.24) is 14.8 Å². The molecular weight excluding hydrogens is 485 g/mol. The minimum atomic E-state index is -4.49. The van der Waals surface area contributed by atoms with Crippen LogP contribution in [0.4, 0.5) is 18.9 Å². The molecule has 0 saturated heterocycles. The maximum atomic E-state index is 12.9. The van der Waals surface area contributed by atoms with Gasteiger partial charge in [-0.2, -0.15) is 13.2 Å². The molecule has 0 unspecified atom stereocenters. The molecule has 0 spiro atoms. The highest BCUT2D eigenvalue weighted by atomic mass is 35.5. The Labute approximate surface area is 203 Å². The topological polar surface area (TPSA) is 59.8 Å². The molecule has 0 fully saturated rings. The van der Waals surface area contributed by atoms with E-state index in [0.717, 1.165) is 35.1 Å². The van der Waals surface area contributed by atoms with E-state index in [2.05, 4.69) is 15.5 Å². The van der Waals surface area contributed by atoms with Gasteiger partial charge in [-0.1, -0.05) is 59.3 Å². The Bertz CT molecular complexity index is 1320. The molecule has 34 heavy (non-hydrogen) atoms. The van der Waals surface area contributed by atoms with Crippen LogP contribution >= 0.6 is 23.4 Å². The van der Waals surface area contributed by atoms with Gasteiger partial charge in [0.2, 0.25) is 5.91 Å². The largest absolute Gasteiger partial charge is 0.416 e. The van der Waals surface area contributed by atoms with Gasteiger partial charge in [0.25, 0.3) is 0 Å². The first-order chi connectivity index (χ1) is 16.2. The molecule has 1 N–H and O–H groups in total. The lowest BCUT2D eigenvalue weighted by atomic mass is 10.2. The Morgan fingerprint density at radius 2 is 1.76 bits per heavy atom. The molecule has 0 radical (unpaired) electrons. The van der Waals surface area contributed by atoms with Crippen molar-refractivity contribution in [1.29, 1.82) is 0 Å². The second-order valence-corrected chi connectivity index (χ2v) is 8.72. The molecule has 4 aromatic rings. The molecule has 1 heterocycles. The molecule has 174 valence electrons. The van der Waals surface area contributed by atoms with Gasteiger partial charge in [0.1, 0.15) is 0 Å². The minimum Gasteiger partial charge on any atom is -0.325 e. The highest BCUT2D eigenvalue weighted by Gasteiger charge is 2.30. The number of carbonyl (C=O) groups is 1. The van der Waals surface area contributed by atoms with Gasteiger partial charge < -0.3 is 5.32 Å². The van der Waals surface area contributed by atoms with Crippen molar-refractivity contribution in [3.8, 4) is 17.1 Å². The fourth-order valence-electron chi connectivity index (χ4n) is 3.21. The van der Waals surface area contributed by atoms with E-state index in [0.29, 0.717) is 21.6 Å². The van der Waals surface area contributed by atoms with Crippen LogP contribution in [0.5, 0.6) is 0 Å². The van der Waals surface area contributed by atoms with Gasteiger partial charge in [0, 0.05) is 16.9 Å². The number of rotatable bonds is 6. The van der Waals surface area contributed by atoms with Crippen LogP contribution in [-0.2, 0) is 11.0 Å². The Balaban J connectivity index is 1.58. The molecule has 10 heteroatoms. The monoisotopic (exact) mass is 502 g/mol. The van der Waals surface area contributed by atoms with Crippen LogP contribution in [0.25, 0.3) is 17.1 Å².